The summed E-state index contributed by atoms with van der Waals surface area (Å²) in [7, 11) is -3.25. The first-order valence-electron chi connectivity index (χ1n) is 9.30. The molecule has 1 aromatic heterocycles. The molecule has 0 radical (unpaired) electrons. The molecule has 11 heteroatoms. The van der Waals surface area contributed by atoms with Gasteiger partial charge in [-0.15, -0.1) is 0 Å². The van der Waals surface area contributed by atoms with Crippen molar-refractivity contribution in [3.63, 3.8) is 0 Å². The number of halogens is 1. The Kier molecular flexibility index (Phi) is 6.91. The van der Waals surface area contributed by atoms with Crippen molar-refractivity contribution < 1.29 is 13.2 Å². The van der Waals surface area contributed by atoms with Crippen LogP contribution in [0.25, 0.3) is 0 Å². The number of anilines is 4. The van der Waals surface area contributed by atoms with E-state index in [0.717, 1.165) is 12.8 Å². The van der Waals surface area contributed by atoms with Gasteiger partial charge < -0.3 is 16.0 Å². The number of nitrogens with one attached hydrogen (secondary N) is 3. The molecule has 0 bridgehead atoms. The Bertz CT molecular complexity index is 1050. The molecule has 1 saturated heterocycles. The molecular formula is C19H23ClN6O3S. The summed E-state index contributed by atoms with van der Waals surface area (Å²) in [5.41, 5.74) is 1.14. The normalized spacial score (nSPS) is 17.2. The van der Waals surface area contributed by atoms with Gasteiger partial charge in [0.2, 0.25) is 21.9 Å². The summed E-state index contributed by atoms with van der Waals surface area (Å²) in [5, 5.41) is 9.30. The van der Waals surface area contributed by atoms with Crippen molar-refractivity contribution in [3.05, 3.63) is 48.1 Å². The maximum absolute atomic E-state index is 11.8. The van der Waals surface area contributed by atoms with Gasteiger partial charge in [0.15, 0.2) is 5.82 Å². The second-order valence-corrected chi connectivity index (χ2v) is 9.25. The third-order valence-corrected chi connectivity index (χ3v) is 6.10. The average molecular weight is 451 g/mol. The van der Waals surface area contributed by atoms with Crippen LogP contribution in [-0.2, 0) is 14.8 Å². The van der Waals surface area contributed by atoms with E-state index in [4.69, 9.17) is 11.6 Å². The van der Waals surface area contributed by atoms with E-state index in [2.05, 4.69) is 32.5 Å². The third kappa shape index (κ3) is 5.68. The molecule has 1 aliphatic heterocycles. The molecule has 2 aromatic rings. The summed E-state index contributed by atoms with van der Waals surface area (Å²) in [6.45, 7) is 4.31. The van der Waals surface area contributed by atoms with Crippen LogP contribution in [0.4, 0.5) is 23.1 Å². The van der Waals surface area contributed by atoms with Crippen LogP contribution in [0, 0.1) is 0 Å². The van der Waals surface area contributed by atoms with Gasteiger partial charge in [-0.05, 0) is 31.1 Å². The summed E-state index contributed by atoms with van der Waals surface area (Å²) in [6, 6.07) is 6.99. The van der Waals surface area contributed by atoms with Gasteiger partial charge in [-0.2, -0.15) is 4.98 Å². The van der Waals surface area contributed by atoms with Crippen LogP contribution < -0.4 is 16.0 Å². The zero-order chi connectivity index (χ0) is 21.7. The first-order valence-corrected chi connectivity index (χ1v) is 11.5. The van der Waals surface area contributed by atoms with E-state index in [1.54, 1.807) is 18.2 Å². The molecule has 1 atom stereocenters. The fourth-order valence-electron chi connectivity index (χ4n) is 3.08. The molecule has 1 fully saturated rings. The van der Waals surface area contributed by atoms with Gasteiger partial charge in [0.1, 0.15) is 5.02 Å². The smallest absolute Gasteiger partial charge is 0.247 e. The van der Waals surface area contributed by atoms with E-state index in [9.17, 15) is 13.2 Å². The van der Waals surface area contributed by atoms with Crippen molar-refractivity contribution in [1.82, 2.24) is 14.3 Å². The fraction of sp³-hybridized carbons (Fsp3) is 0.316. The molecule has 0 saturated carbocycles. The van der Waals surface area contributed by atoms with Crippen molar-refractivity contribution in [2.45, 2.75) is 18.9 Å². The van der Waals surface area contributed by atoms with Crippen LogP contribution in [0.15, 0.2) is 43.1 Å². The van der Waals surface area contributed by atoms with Crippen molar-refractivity contribution in [2.75, 3.05) is 35.3 Å². The lowest BCUT2D eigenvalue weighted by Gasteiger charge is -2.31. The fourth-order valence-corrected chi connectivity index (χ4v) is 4.13. The minimum Gasteiger partial charge on any atom is -0.350 e. The summed E-state index contributed by atoms with van der Waals surface area (Å²) in [5.74, 6) is 0.341. The quantitative estimate of drug-likeness (QED) is 0.555. The summed E-state index contributed by atoms with van der Waals surface area (Å²) < 4.78 is 25.1. The van der Waals surface area contributed by atoms with Crippen molar-refractivity contribution in [1.29, 1.82) is 0 Å². The monoisotopic (exact) mass is 450 g/mol. The average Bonchev–Trinajstić information content (AvgIpc) is 2.71. The molecule has 30 heavy (non-hydrogen) atoms. The van der Waals surface area contributed by atoms with E-state index >= 15 is 0 Å². The summed E-state index contributed by atoms with van der Waals surface area (Å²) in [6.07, 6.45) is 5.40. The van der Waals surface area contributed by atoms with Crippen molar-refractivity contribution in [3.8, 4) is 0 Å². The van der Waals surface area contributed by atoms with Crippen LogP contribution in [0.5, 0.6) is 0 Å². The minimum atomic E-state index is -3.25. The van der Waals surface area contributed by atoms with Gasteiger partial charge in [-0.25, -0.2) is 17.7 Å². The van der Waals surface area contributed by atoms with Crippen LogP contribution >= 0.6 is 11.6 Å². The highest BCUT2D eigenvalue weighted by atomic mass is 35.5. The first-order chi connectivity index (χ1) is 14.3. The molecule has 2 heterocycles. The number of sulfonamides is 1. The van der Waals surface area contributed by atoms with Gasteiger partial charge in [0.05, 0.1) is 23.8 Å². The number of benzene rings is 1. The Labute approximate surface area is 180 Å². The van der Waals surface area contributed by atoms with Crippen molar-refractivity contribution in [2.24, 2.45) is 0 Å². The number of aromatic nitrogens is 2. The van der Waals surface area contributed by atoms with Gasteiger partial charge >= 0.3 is 0 Å². The minimum absolute atomic E-state index is 0.110. The first kappa shape index (κ1) is 22.0. The topological polar surface area (TPSA) is 116 Å². The van der Waals surface area contributed by atoms with Gasteiger partial charge in [0.25, 0.3) is 0 Å². The predicted molar refractivity (Wildman–Crippen MR) is 119 cm³/mol. The highest BCUT2D eigenvalue weighted by Crippen LogP contribution is 2.29. The molecule has 3 rings (SSSR count). The highest BCUT2D eigenvalue weighted by molar-refractivity contribution is 7.88. The Balaban J connectivity index is 1.77. The number of carbonyl (C=O) groups is 1. The van der Waals surface area contributed by atoms with E-state index in [1.165, 1.54) is 22.8 Å². The Hall–Kier alpha value is -2.69. The molecule has 1 amide bonds. The number of piperidine rings is 1. The second-order valence-electron chi connectivity index (χ2n) is 6.86. The zero-order valence-electron chi connectivity index (χ0n) is 16.4. The molecule has 3 N–H and O–H groups in total. The highest BCUT2D eigenvalue weighted by Gasteiger charge is 2.26. The Morgan fingerprint density at radius 1 is 1.33 bits per heavy atom. The maximum atomic E-state index is 11.8. The predicted octanol–water partition coefficient (Wildman–Crippen LogP) is 2.83. The van der Waals surface area contributed by atoms with Crippen molar-refractivity contribution >= 4 is 50.7 Å². The summed E-state index contributed by atoms with van der Waals surface area (Å²) >= 11 is 6.25. The largest absolute Gasteiger partial charge is 0.350 e. The molecular weight excluding hydrogens is 428 g/mol. The van der Waals surface area contributed by atoms with E-state index in [0.29, 0.717) is 41.3 Å². The lowest BCUT2D eigenvalue weighted by molar-refractivity contribution is -0.111. The zero-order valence-corrected chi connectivity index (χ0v) is 18.0. The molecule has 9 nitrogen and oxygen atoms in total. The van der Waals surface area contributed by atoms with Crippen LogP contribution in [0.2, 0.25) is 5.02 Å². The number of nitrogens with zero attached hydrogens (tertiary/aromatic N) is 3. The van der Waals surface area contributed by atoms with Crippen LogP contribution in [0.3, 0.4) is 0 Å². The maximum Gasteiger partial charge on any atom is 0.247 e. The van der Waals surface area contributed by atoms with Gasteiger partial charge in [0, 0.05) is 19.1 Å². The van der Waals surface area contributed by atoms with Crippen LogP contribution in [-0.4, -0.2) is 54.0 Å². The van der Waals surface area contributed by atoms with E-state index in [1.807, 2.05) is 6.07 Å². The lowest BCUT2D eigenvalue weighted by Crippen LogP contribution is -2.44. The number of rotatable bonds is 7. The number of hydrogen-bond acceptors (Lipinski definition) is 7. The Morgan fingerprint density at radius 2 is 2.07 bits per heavy atom. The molecule has 160 valence electrons. The van der Waals surface area contributed by atoms with Gasteiger partial charge in [-0.1, -0.05) is 30.3 Å². The molecule has 0 spiro atoms. The number of hydrogen-bond donors (Lipinski definition) is 3. The SMILES string of the molecule is C=CC(=O)Nc1ccccc1Nc1nc(N[C@H]2CCCN(S(C)(=O)=O)C2)ncc1Cl. The Morgan fingerprint density at radius 3 is 2.77 bits per heavy atom. The molecule has 1 aliphatic rings. The van der Waals surface area contributed by atoms with E-state index in [-0.39, 0.29) is 11.9 Å². The van der Waals surface area contributed by atoms with E-state index < -0.39 is 10.0 Å². The molecule has 1 aromatic carbocycles. The van der Waals surface area contributed by atoms with Gasteiger partial charge in [-0.3, -0.25) is 4.79 Å². The second kappa shape index (κ2) is 9.41. The number of para-hydroxylation sites is 2. The number of carbonyl (C=O) groups excluding carboxylic acids is 1. The number of amides is 1. The third-order valence-electron chi connectivity index (χ3n) is 4.55. The molecule has 0 aliphatic carbocycles. The summed E-state index contributed by atoms with van der Waals surface area (Å²) in [4.78, 5) is 20.3. The lowest BCUT2D eigenvalue weighted by atomic mass is 10.1. The van der Waals surface area contributed by atoms with Crippen LogP contribution in [0.1, 0.15) is 12.8 Å². The molecule has 0 unspecified atom stereocenters. The standard InChI is InChI=1S/C19H23ClN6O3S/c1-3-17(27)23-15-8-4-5-9-16(15)24-18-14(20)11-21-19(25-18)22-13-7-6-10-26(12-13)30(2,28)29/h3-5,8-9,11,13H,1,6-7,10,12H2,2H3,(H,23,27)(H2,21,22,24,25)/t13-/m0/s1.